The first-order valence-electron chi connectivity index (χ1n) is 13.3. The lowest BCUT2D eigenvalue weighted by Gasteiger charge is -2.38. The van der Waals surface area contributed by atoms with E-state index < -0.39 is 88.9 Å². The number of primary amides is 1. The largest absolute Gasteiger partial charge is 0.478 e. The highest BCUT2D eigenvalue weighted by atomic mass is 19.4. The molecule has 2 unspecified atom stereocenters. The number of benzene rings is 1. The van der Waals surface area contributed by atoms with Crippen molar-refractivity contribution in [1.82, 2.24) is 15.5 Å². The van der Waals surface area contributed by atoms with Crippen LogP contribution in [0.25, 0.3) is 0 Å². The Morgan fingerprint density at radius 2 is 1.81 bits per heavy atom. The molecule has 230 valence electrons. The van der Waals surface area contributed by atoms with Crippen molar-refractivity contribution in [1.29, 1.82) is 0 Å². The van der Waals surface area contributed by atoms with E-state index >= 15 is 0 Å². The van der Waals surface area contributed by atoms with E-state index in [1.165, 1.54) is 32.9 Å². The Hall–Kier alpha value is -3.91. The molecule has 5 N–H and O–H groups in total. The number of hydrogen-bond donors (Lipinski definition) is 4. The van der Waals surface area contributed by atoms with Crippen LogP contribution in [-0.2, 0) is 24.0 Å². The Labute approximate surface area is 238 Å². The van der Waals surface area contributed by atoms with Gasteiger partial charge in [0.25, 0.3) is 5.91 Å². The molecular formula is C27H33F4N5O6. The van der Waals surface area contributed by atoms with E-state index in [-0.39, 0.29) is 23.9 Å². The second-order valence-electron chi connectivity index (χ2n) is 12.6. The van der Waals surface area contributed by atoms with Crippen molar-refractivity contribution in [2.24, 2.45) is 28.4 Å². The van der Waals surface area contributed by atoms with E-state index in [2.05, 4.69) is 10.6 Å². The first-order valence-corrected chi connectivity index (χ1v) is 13.3. The molecule has 6 atom stereocenters. The summed E-state index contributed by atoms with van der Waals surface area (Å²) in [6, 6.07) is -0.377. The number of hydrogen-bond acceptors (Lipinski definition) is 6. The van der Waals surface area contributed by atoms with E-state index in [4.69, 9.17) is 10.5 Å². The third-order valence-corrected chi connectivity index (χ3v) is 8.30. The number of likely N-dealkylation sites (tertiary alicyclic amines) is 1. The number of carbonyl (C=O) groups is 5. The van der Waals surface area contributed by atoms with Gasteiger partial charge >= 0.3 is 12.1 Å². The molecule has 11 nitrogen and oxygen atoms in total. The van der Waals surface area contributed by atoms with Crippen LogP contribution in [0, 0.1) is 28.5 Å². The van der Waals surface area contributed by atoms with Gasteiger partial charge in [0.15, 0.2) is 11.9 Å². The molecule has 3 aliphatic rings. The summed E-state index contributed by atoms with van der Waals surface area (Å²) in [5.41, 5.74) is 3.80. The molecule has 1 aromatic carbocycles. The van der Waals surface area contributed by atoms with Gasteiger partial charge in [-0.25, -0.2) is 4.39 Å². The Bertz CT molecular complexity index is 1330. The molecule has 4 rings (SSSR count). The van der Waals surface area contributed by atoms with Crippen LogP contribution >= 0.6 is 0 Å². The highest BCUT2D eigenvalue weighted by Gasteiger charge is 2.70. The van der Waals surface area contributed by atoms with Crippen LogP contribution in [0.4, 0.5) is 23.2 Å². The predicted molar refractivity (Wildman–Crippen MR) is 139 cm³/mol. The van der Waals surface area contributed by atoms with Gasteiger partial charge < -0.3 is 31.3 Å². The molecule has 1 aliphatic carbocycles. The van der Waals surface area contributed by atoms with Gasteiger partial charge in [0.2, 0.25) is 17.7 Å². The van der Waals surface area contributed by atoms with Crippen LogP contribution in [0.3, 0.4) is 0 Å². The van der Waals surface area contributed by atoms with Crippen LogP contribution in [-0.4, -0.2) is 71.4 Å². The van der Waals surface area contributed by atoms with E-state index in [1.807, 2.05) is 13.8 Å². The summed E-state index contributed by atoms with van der Waals surface area (Å²) < 4.78 is 58.8. The number of carbonyl (C=O) groups excluding carboxylic acids is 5. The zero-order valence-electron chi connectivity index (χ0n) is 23.6. The standard InChI is InChI=1S/C27H33F4N5O6/c1-25(2,3)19(35-24(41)27(29,30)31)23(40)36-10-11-16(26(11,4)5)18(36)22(39)33-13(20(32)37)9-15-21(38)34-17-12(28)7-6-8-14(17)42-15/h6-8,11,13,15-16,18-19H,9-10H2,1-5H3,(H2,32,37)(H,33,39)(H,34,38)(H,35,41)/t11-,13?,15-,16-,18-,19?/m0/s1. The fourth-order valence-electron chi connectivity index (χ4n) is 5.85. The van der Waals surface area contributed by atoms with Gasteiger partial charge in [-0.2, -0.15) is 13.2 Å². The summed E-state index contributed by atoms with van der Waals surface area (Å²) in [6.07, 6.45) is -6.98. The lowest BCUT2D eigenvalue weighted by molar-refractivity contribution is -0.176. The number of ether oxygens (including phenoxy) is 1. The Balaban J connectivity index is 1.55. The summed E-state index contributed by atoms with van der Waals surface area (Å²) in [4.78, 5) is 65.1. The number of nitrogens with one attached hydrogen (secondary N) is 3. The fourth-order valence-corrected chi connectivity index (χ4v) is 5.85. The first kappa shape index (κ1) is 31.0. The van der Waals surface area contributed by atoms with Gasteiger partial charge in [-0.3, -0.25) is 24.0 Å². The molecule has 0 radical (unpaired) electrons. The Kier molecular flexibility index (Phi) is 7.70. The average Bonchev–Trinajstić information content (AvgIpc) is 3.19. The number of fused-ring (bicyclic) bond motifs is 2. The third kappa shape index (κ3) is 5.73. The number of nitrogens with zero attached hydrogens (tertiary/aromatic N) is 1. The molecular weight excluding hydrogens is 566 g/mol. The summed E-state index contributed by atoms with van der Waals surface area (Å²) in [5, 5.41) is 6.60. The van der Waals surface area contributed by atoms with Gasteiger partial charge in [0, 0.05) is 13.0 Å². The highest BCUT2D eigenvalue weighted by Crippen LogP contribution is 2.65. The Morgan fingerprint density at radius 1 is 1.17 bits per heavy atom. The number of alkyl halides is 3. The minimum Gasteiger partial charge on any atom is -0.478 e. The normalized spacial score (nSPS) is 25.6. The zero-order valence-corrected chi connectivity index (χ0v) is 23.6. The highest BCUT2D eigenvalue weighted by molar-refractivity contribution is 5.99. The summed E-state index contributed by atoms with van der Waals surface area (Å²) >= 11 is 0. The molecule has 0 bridgehead atoms. The van der Waals surface area contributed by atoms with Crippen LogP contribution in [0.15, 0.2) is 18.2 Å². The number of para-hydroxylation sites is 1. The first-order chi connectivity index (χ1) is 19.2. The number of halogens is 4. The van der Waals surface area contributed by atoms with Gasteiger partial charge in [-0.05, 0) is 34.8 Å². The second kappa shape index (κ2) is 10.4. The minimum absolute atomic E-state index is 0.0124. The van der Waals surface area contributed by atoms with Crippen molar-refractivity contribution in [3.05, 3.63) is 24.0 Å². The SMILES string of the molecule is CC(C)(C)C(NC(=O)C(F)(F)F)C(=O)N1C[C@H]2[C@@H]([C@H]1C(=O)NC(C[C@@H]1Oc3cccc(F)c3NC1=O)C(N)=O)C2(C)C. The van der Waals surface area contributed by atoms with E-state index in [9.17, 15) is 41.5 Å². The van der Waals surface area contributed by atoms with Crippen molar-refractivity contribution >= 4 is 35.2 Å². The maximum Gasteiger partial charge on any atom is 0.471 e. The molecule has 42 heavy (non-hydrogen) atoms. The van der Waals surface area contributed by atoms with E-state index in [0.717, 1.165) is 11.0 Å². The maximum absolute atomic E-state index is 14.0. The Morgan fingerprint density at radius 3 is 2.38 bits per heavy atom. The van der Waals surface area contributed by atoms with Gasteiger partial charge in [0.1, 0.15) is 29.6 Å². The van der Waals surface area contributed by atoms with Crippen LogP contribution < -0.4 is 26.4 Å². The lowest BCUT2D eigenvalue weighted by atomic mass is 9.85. The van der Waals surface area contributed by atoms with E-state index in [0.29, 0.717) is 0 Å². The average molecular weight is 600 g/mol. The fraction of sp³-hybridized carbons (Fsp3) is 0.593. The number of nitrogens with two attached hydrogens (primary N) is 1. The van der Waals surface area contributed by atoms with Crippen molar-refractivity contribution in [3.63, 3.8) is 0 Å². The molecule has 15 heteroatoms. The summed E-state index contributed by atoms with van der Waals surface area (Å²) in [7, 11) is 0. The third-order valence-electron chi connectivity index (χ3n) is 8.30. The van der Waals surface area contributed by atoms with Crippen LogP contribution in [0.2, 0.25) is 0 Å². The molecule has 5 amide bonds. The monoisotopic (exact) mass is 599 g/mol. The van der Waals surface area contributed by atoms with E-state index in [1.54, 1.807) is 5.32 Å². The molecule has 0 aromatic heterocycles. The summed E-state index contributed by atoms with van der Waals surface area (Å²) in [6.45, 7) is 8.22. The molecule has 1 saturated carbocycles. The van der Waals surface area contributed by atoms with Crippen molar-refractivity contribution in [2.45, 2.75) is 71.4 Å². The quantitative estimate of drug-likeness (QED) is 0.347. The van der Waals surface area contributed by atoms with Crippen molar-refractivity contribution < 1.29 is 46.3 Å². The summed E-state index contributed by atoms with van der Waals surface area (Å²) in [5.74, 6) is -7.04. The van der Waals surface area contributed by atoms with Gasteiger partial charge in [-0.15, -0.1) is 0 Å². The van der Waals surface area contributed by atoms with Crippen LogP contribution in [0.5, 0.6) is 5.75 Å². The number of amides is 5. The molecule has 2 aliphatic heterocycles. The van der Waals surface area contributed by atoms with Crippen LogP contribution in [0.1, 0.15) is 41.0 Å². The molecule has 2 heterocycles. The number of anilines is 1. The minimum atomic E-state index is -5.23. The number of piperidine rings is 1. The van der Waals surface area contributed by atoms with Gasteiger partial charge in [0.05, 0.1) is 0 Å². The number of rotatable bonds is 7. The molecule has 1 aromatic rings. The smallest absolute Gasteiger partial charge is 0.471 e. The second-order valence-corrected chi connectivity index (χ2v) is 12.6. The molecule has 2 fully saturated rings. The maximum atomic E-state index is 14.0. The van der Waals surface area contributed by atoms with Crippen molar-refractivity contribution in [2.75, 3.05) is 11.9 Å². The van der Waals surface area contributed by atoms with Crippen molar-refractivity contribution in [3.8, 4) is 5.75 Å². The molecule has 1 saturated heterocycles. The predicted octanol–water partition coefficient (Wildman–Crippen LogP) is 1.46. The molecule has 0 spiro atoms. The lowest BCUT2D eigenvalue weighted by Crippen LogP contribution is -2.61. The topological polar surface area (TPSA) is 160 Å². The van der Waals surface area contributed by atoms with Gasteiger partial charge in [-0.1, -0.05) is 40.7 Å². The zero-order chi connectivity index (χ0) is 31.5.